The smallest absolute Gasteiger partial charge is 0.532 e. The fourth-order valence-corrected chi connectivity index (χ4v) is 3.40. The van der Waals surface area contributed by atoms with Crippen LogP contribution in [0.2, 0.25) is 0 Å². The summed E-state index contributed by atoms with van der Waals surface area (Å²) in [6.07, 6.45) is 5.67. The van der Waals surface area contributed by atoms with E-state index in [9.17, 15) is 9.82 Å². The summed E-state index contributed by atoms with van der Waals surface area (Å²) in [7, 11) is -0.932. The summed E-state index contributed by atoms with van der Waals surface area (Å²) < 4.78 is 5.34. The number of carbonyl (C=O) groups excluding carboxylic acids is 1. The number of aromatic nitrogens is 1. The van der Waals surface area contributed by atoms with Crippen molar-refractivity contribution in [2.24, 2.45) is 5.73 Å². The maximum absolute atomic E-state index is 12.9. The minimum Gasteiger partial charge on any atom is -0.532 e. The third kappa shape index (κ3) is 4.12. The minimum absolute atomic E-state index is 0. The van der Waals surface area contributed by atoms with Gasteiger partial charge in [-0.15, -0.1) is 0 Å². The van der Waals surface area contributed by atoms with E-state index in [4.69, 9.17) is 10.4 Å². The van der Waals surface area contributed by atoms with Crippen molar-refractivity contribution in [2.75, 3.05) is 6.54 Å². The molecule has 1 aromatic heterocycles. The highest BCUT2D eigenvalue weighted by molar-refractivity contribution is 7.59. The predicted octanol–water partition coefficient (Wildman–Crippen LogP) is 2.63. The maximum atomic E-state index is 12.9. The molecule has 0 saturated heterocycles. The Balaban J connectivity index is 0.00000225. The molecule has 0 aliphatic carbocycles. The predicted molar refractivity (Wildman–Crippen MR) is 117 cm³/mol. The van der Waals surface area contributed by atoms with E-state index in [1.807, 2.05) is 42.6 Å². The molecular weight excluding hydrogens is 371 g/mol. The molecule has 2 aromatic carbocycles. The molecular formula is C21H21BN2O3S. The number of pyridine rings is 1. The Hall–Kier alpha value is -2.61. The van der Waals surface area contributed by atoms with Crippen LogP contribution in [0.25, 0.3) is 16.8 Å². The Morgan fingerprint density at radius 1 is 1.18 bits per heavy atom. The van der Waals surface area contributed by atoms with Crippen molar-refractivity contribution < 1.29 is 14.5 Å². The van der Waals surface area contributed by atoms with Gasteiger partial charge in [-0.1, -0.05) is 30.3 Å². The monoisotopic (exact) mass is 392 g/mol. The molecule has 0 fully saturated rings. The quantitative estimate of drug-likeness (QED) is 0.652. The molecule has 4 rings (SSSR count). The lowest BCUT2D eigenvalue weighted by Gasteiger charge is -2.19. The van der Waals surface area contributed by atoms with Gasteiger partial charge in [0.1, 0.15) is 11.5 Å². The van der Waals surface area contributed by atoms with Crippen molar-refractivity contribution in [2.45, 2.75) is 12.3 Å². The van der Waals surface area contributed by atoms with Crippen molar-refractivity contribution in [1.29, 1.82) is 0 Å². The van der Waals surface area contributed by atoms with Gasteiger partial charge < -0.3 is 15.4 Å². The van der Waals surface area contributed by atoms with Crippen LogP contribution in [0, 0.1) is 0 Å². The molecule has 2 heterocycles. The van der Waals surface area contributed by atoms with E-state index in [1.165, 1.54) is 0 Å². The summed E-state index contributed by atoms with van der Waals surface area (Å²) in [6, 6.07) is 13.4. The summed E-state index contributed by atoms with van der Waals surface area (Å²) in [5.41, 5.74) is 8.58. The van der Waals surface area contributed by atoms with Crippen LogP contribution in [0.4, 0.5) is 0 Å². The van der Waals surface area contributed by atoms with Gasteiger partial charge in [0.25, 0.3) is 0 Å². The van der Waals surface area contributed by atoms with Gasteiger partial charge in [0.05, 0.1) is 5.92 Å². The van der Waals surface area contributed by atoms with Crippen LogP contribution in [0.15, 0.2) is 60.8 Å². The lowest BCUT2D eigenvalue weighted by Crippen LogP contribution is -2.24. The van der Waals surface area contributed by atoms with Gasteiger partial charge >= 0.3 is 7.12 Å². The van der Waals surface area contributed by atoms with Crippen molar-refractivity contribution in [3.8, 4) is 5.75 Å². The molecule has 142 valence electrons. The number of benzene rings is 2. The van der Waals surface area contributed by atoms with Crippen LogP contribution < -0.4 is 10.4 Å². The first-order valence-corrected chi connectivity index (χ1v) is 8.86. The number of nitrogens with two attached hydrogens (primary N) is 1. The topological polar surface area (TPSA) is 85.4 Å². The highest BCUT2D eigenvalue weighted by atomic mass is 32.1. The molecule has 0 unspecified atom stereocenters. The van der Waals surface area contributed by atoms with E-state index in [2.05, 4.69) is 4.98 Å². The molecule has 1 aliphatic heterocycles. The van der Waals surface area contributed by atoms with Gasteiger partial charge in [0.2, 0.25) is 0 Å². The van der Waals surface area contributed by atoms with Gasteiger partial charge in [-0.25, -0.2) is 0 Å². The van der Waals surface area contributed by atoms with Gasteiger partial charge in [-0.2, -0.15) is 13.5 Å². The zero-order valence-electron chi connectivity index (χ0n) is 15.2. The average molecular weight is 392 g/mol. The Labute approximate surface area is 170 Å². The van der Waals surface area contributed by atoms with Crippen LogP contribution in [-0.2, 0) is 11.2 Å². The Morgan fingerprint density at radius 3 is 2.86 bits per heavy atom. The normalized spacial score (nSPS) is 13.4. The molecule has 5 nitrogen and oxygen atoms in total. The molecule has 1 atom stereocenters. The first-order valence-electron chi connectivity index (χ1n) is 8.86. The van der Waals surface area contributed by atoms with Crippen LogP contribution in [0.1, 0.15) is 22.6 Å². The van der Waals surface area contributed by atoms with E-state index in [1.54, 1.807) is 24.3 Å². The second kappa shape index (κ2) is 8.60. The standard InChI is InChI=1S/C21H19BN2O3.H2S/c23-12-19(16-3-4-21-17(11-16)5-7-22(26)27-21)20(25)10-14-1-2-18-13-24-8-6-15(18)9-14;/h1-9,11,13,19,26H,10,12,23H2;1H2/t19-;/m1./s1. The number of Topliss-reactive ketones (excluding diaryl/α,β-unsaturated/α-hetero) is 1. The zero-order chi connectivity index (χ0) is 18.8. The van der Waals surface area contributed by atoms with Gasteiger partial charge in [0, 0.05) is 36.3 Å². The zero-order valence-corrected chi connectivity index (χ0v) is 16.2. The number of carbonyl (C=O) groups is 1. The summed E-state index contributed by atoms with van der Waals surface area (Å²) in [5, 5.41) is 11.6. The van der Waals surface area contributed by atoms with E-state index in [0.717, 1.165) is 27.5 Å². The highest BCUT2D eigenvalue weighted by Gasteiger charge is 2.23. The van der Waals surface area contributed by atoms with E-state index in [0.29, 0.717) is 12.2 Å². The molecule has 0 saturated carbocycles. The summed E-state index contributed by atoms with van der Waals surface area (Å²) in [5.74, 6) is 1.85. The van der Waals surface area contributed by atoms with Crippen molar-refractivity contribution >= 4 is 43.2 Å². The van der Waals surface area contributed by atoms with E-state index in [-0.39, 0.29) is 31.7 Å². The Morgan fingerprint density at radius 2 is 2.04 bits per heavy atom. The van der Waals surface area contributed by atoms with Crippen LogP contribution in [0.3, 0.4) is 0 Å². The third-order valence-electron chi connectivity index (χ3n) is 4.83. The largest absolute Gasteiger partial charge is 0.552 e. The van der Waals surface area contributed by atoms with Crippen LogP contribution >= 0.6 is 13.5 Å². The number of hydrogen-bond donors (Lipinski definition) is 2. The van der Waals surface area contributed by atoms with Crippen molar-refractivity contribution in [1.82, 2.24) is 4.98 Å². The minimum atomic E-state index is -0.932. The first-order chi connectivity index (χ1) is 13.1. The second-order valence-corrected chi connectivity index (χ2v) is 6.65. The fraction of sp³-hybridized carbons (Fsp3) is 0.143. The average Bonchev–Trinajstić information content (AvgIpc) is 2.68. The number of hydrogen-bond acceptors (Lipinski definition) is 5. The summed E-state index contributed by atoms with van der Waals surface area (Å²) >= 11 is 0. The number of ketones is 1. The van der Waals surface area contributed by atoms with Gasteiger partial charge in [0.15, 0.2) is 0 Å². The molecule has 1 aliphatic rings. The summed E-state index contributed by atoms with van der Waals surface area (Å²) in [6.45, 7) is 0.238. The Bertz CT molecular complexity index is 1040. The molecule has 0 spiro atoms. The third-order valence-corrected chi connectivity index (χ3v) is 4.83. The van der Waals surface area contributed by atoms with Crippen LogP contribution in [-0.4, -0.2) is 29.5 Å². The number of fused-ring (bicyclic) bond motifs is 2. The SMILES string of the molecule is NC[C@@H](C(=O)Cc1ccc2cnccc2c1)c1ccc2c(c1)C=CB(O)O2.S. The molecule has 0 amide bonds. The van der Waals surface area contributed by atoms with Crippen molar-refractivity contribution in [3.05, 3.63) is 77.5 Å². The lowest BCUT2D eigenvalue weighted by atomic mass is 9.84. The molecule has 0 radical (unpaired) electrons. The van der Waals surface area contributed by atoms with Crippen molar-refractivity contribution in [3.63, 3.8) is 0 Å². The second-order valence-electron chi connectivity index (χ2n) is 6.65. The van der Waals surface area contributed by atoms with Gasteiger partial charge in [-0.3, -0.25) is 9.78 Å². The molecule has 0 bridgehead atoms. The fourth-order valence-electron chi connectivity index (χ4n) is 3.40. The number of nitrogens with zero attached hydrogens (tertiary/aromatic N) is 1. The Kier molecular flexibility index (Phi) is 6.19. The van der Waals surface area contributed by atoms with E-state index < -0.39 is 7.12 Å². The molecule has 3 N–H and O–H groups in total. The molecule has 7 heteroatoms. The highest BCUT2D eigenvalue weighted by Crippen LogP contribution is 2.29. The van der Waals surface area contributed by atoms with E-state index >= 15 is 0 Å². The number of rotatable bonds is 5. The molecule has 28 heavy (non-hydrogen) atoms. The molecule has 3 aromatic rings. The summed E-state index contributed by atoms with van der Waals surface area (Å²) in [4.78, 5) is 17.0. The first kappa shape index (κ1) is 20.1. The lowest BCUT2D eigenvalue weighted by molar-refractivity contribution is -0.119. The maximum Gasteiger partial charge on any atom is 0.552 e. The van der Waals surface area contributed by atoms with Gasteiger partial charge in [-0.05, 0) is 40.7 Å². The van der Waals surface area contributed by atoms with Crippen LogP contribution in [0.5, 0.6) is 5.75 Å².